The Morgan fingerprint density at radius 3 is 2.45 bits per heavy atom. The molecule has 2 aromatic carbocycles. The largest absolute Gasteiger partial charge is 0.495 e. The lowest BCUT2D eigenvalue weighted by Crippen LogP contribution is -2.36. The van der Waals surface area contributed by atoms with Crippen LogP contribution in [0, 0.1) is 0 Å². The van der Waals surface area contributed by atoms with Crippen LogP contribution in [0.3, 0.4) is 0 Å². The zero-order valence-corrected chi connectivity index (χ0v) is 18.2. The Balaban J connectivity index is 1.86. The average Bonchev–Trinajstić information content (AvgIpc) is 2.70. The number of rotatable bonds is 6. The van der Waals surface area contributed by atoms with Gasteiger partial charge in [-0.15, -0.1) is 0 Å². The topological polar surface area (TPSA) is 84.5 Å². The molecular weight excluding hydrogens is 435 g/mol. The minimum absolute atomic E-state index is 0.0690. The number of hydrogen-bond acceptors (Lipinski definition) is 4. The van der Waals surface area contributed by atoms with Gasteiger partial charge in [-0.25, -0.2) is 13.1 Å². The minimum Gasteiger partial charge on any atom is -0.495 e. The predicted octanol–water partition coefficient (Wildman–Crippen LogP) is 4.87. The highest BCUT2D eigenvalue weighted by Gasteiger charge is 2.26. The number of nitrogens with one attached hydrogen (secondary N) is 2. The van der Waals surface area contributed by atoms with Crippen molar-refractivity contribution in [2.24, 2.45) is 0 Å². The summed E-state index contributed by atoms with van der Waals surface area (Å²) in [4.78, 5) is 12.6. The van der Waals surface area contributed by atoms with Crippen molar-refractivity contribution in [3.05, 3.63) is 52.0 Å². The number of halogens is 2. The number of sulfonamides is 1. The molecule has 0 unspecified atom stereocenters. The summed E-state index contributed by atoms with van der Waals surface area (Å²) in [6.07, 6.45) is 4.71. The summed E-state index contributed by atoms with van der Waals surface area (Å²) in [7, 11) is -2.45. The zero-order chi connectivity index (χ0) is 21.0. The third-order valence-corrected chi connectivity index (χ3v) is 6.91. The van der Waals surface area contributed by atoms with E-state index in [9.17, 15) is 13.2 Å². The van der Waals surface area contributed by atoms with Crippen LogP contribution >= 0.6 is 23.2 Å². The van der Waals surface area contributed by atoms with Gasteiger partial charge in [0.2, 0.25) is 10.0 Å². The van der Waals surface area contributed by atoms with E-state index in [1.54, 1.807) is 12.1 Å². The molecule has 1 saturated carbocycles. The van der Waals surface area contributed by atoms with Gasteiger partial charge >= 0.3 is 0 Å². The minimum atomic E-state index is -3.84. The lowest BCUT2D eigenvalue weighted by atomic mass is 9.96. The summed E-state index contributed by atoms with van der Waals surface area (Å²) in [6.45, 7) is 0. The summed E-state index contributed by atoms with van der Waals surface area (Å²) in [5, 5.41) is 3.39. The zero-order valence-electron chi connectivity index (χ0n) is 15.9. The molecule has 0 saturated heterocycles. The maximum atomic E-state index is 12.9. The van der Waals surface area contributed by atoms with Gasteiger partial charge in [-0.3, -0.25) is 4.79 Å². The highest BCUT2D eigenvalue weighted by atomic mass is 35.5. The Morgan fingerprint density at radius 1 is 1.07 bits per heavy atom. The third-order valence-electron chi connectivity index (χ3n) is 4.82. The van der Waals surface area contributed by atoms with Crippen LogP contribution in [0.2, 0.25) is 10.0 Å². The molecule has 1 aliphatic carbocycles. The molecule has 0 atom stereocenters. The van der Waals surface area contributed by atoms with Gasteiger partial charge in [0.15, 0.2) is 0 Å². The Kier molecular flexibility index (Phi) is 7.05. The first-order valence-electron chi connectivity index (χ1n) is 9.27. The van der Waals surface area contributed by atoms with Crippen molar-refractivity contribution in [1.82, 2.24) is 4.72 Å². The van der Waals surface area contributed by atoms with Crippen LogP contribution in [-0.2, 0) is 10.0 Å². The van der Waals surface area contributed by atoms with Gasteiger partial charge in [-0.05, 0) is 49.2 Å². The lowest BCUT2D eigenvalue weighted by molar-refractivity contribution is 0.102. The maximum absolute atomic E-state index is 12.9. The molecule has 9 heteroatoms. The maximum Gasteiger partial charge on any atom is 0.255 e. The van der Waals surface area contributed by atoms with Crippen molar-refractivity contribution in [3.8, 4) is 5.75 Å². The van der Waals surface area contributed by atoms with Gasteiger partial charge in [-0.1, -0.05) is 42.5 Å². The van der Waals surface area contributed by atoms with Crippen LogP contribution in [0.1, 0.15) is 42.5 Å². The van der Waals surface area contributed by atoms with Crippen LogP contribution in [-0.4, -0.2) is 27.5 Å². The Morgan fingerprint density at radius 2 is 1.79 bits per heavy atom. The van der Waals surface area contributed by atoms with Gasteiger partial charge in [-0.2, -0.15) is 0 Å². The van der Waals surface area contributed by atoms with E-state index >= 15 is 0 Å². The fraction of sp³-hybridized carbons (Fsp3) is 0.350. The standard InChI is InChI=1S/C20H22Cl2N2O4S/c1-28-18-10-7-13(20(25)23-17-9-8-14(21)12-16(17)22)11-19(18)29(26,27)24-15-5-3-2-4-6-15/h7-12,15,24H,2-6H2,1H3,(H,23,25). The van der Waals surface area contributed by atoms with Gasteiger partial charge in [0, 0.05) is 16.6 Å². The number of benzene rings is 2. The highest BCUT2D eigenvalue weighted by Crippen LogP contribution is 2.29. The van der Waals surface area contributed by atoms with Crippen molar-refractivity contribution < 1.29 is 17.9 Å². The second-order valence-electron chi connectivity index (χ2n) is 6.90. The van der Waals surface area contributed by atoms with Gasteiger partial charge < -0.3 is 10.1 Å². The summed E-state index contributed by atoms with van der Waals surface area (Å²) >= 11 is 12.0. The molecule has 2 aromatic rings. The average molecular weight is 457 g/mol. The van der Waals surface area contributed by atoms with Crippen molar-refractivity contribution in [3.63, 3.8) is 0 Å². The quantitative estimate of drug-likeness (QED) is 0.649. The molecule has 0 spiro atoms. The number of ether oxygens (including phenoxy) is 1. The van der Waals surface area contributed by atoms with Gasteiger partial charge in [0.1, 0.15) is 10.6 Å². The number of methoxy groups -OCH3 is 1. The number of carbonyl (C=O) groups excluding carboxylic acids is 1. The number of anilines is 1. The summed E-state index contributed by atoms with van der Waals surface area (Å²) in [6, 6.07) is 8.85. The predicted molar refractivity (Wildman–Crippen MR) is 115 cm³/mol. The van der Waals surface area contributed by atoms with Gasteiger partial charge in [0.25, 0.3) is 5.91 Å². The number of carbonyl (C=O) groups is 1. The smallest absolute Gasteiger partial charge is 0.255 e. The second kappa shape index (κ2) is 9.34. The summed E-state index contributed by atoms with van der Waals surface area (Å²) in [5.41, 5.74) is 0.544. The van der Waals surface area contributed by atoms with Crippen LogP contribution in [0.15, 0.2) is 41.3 Å². The van der Waals surface area contributed by atoms with Crippen molar-refractivity contribution in [1.29, 1.82) is 0 Å². The lowest BCUT2D eigenvalue weighted by Gasteiger charge is -2.23. The monoisotopic (exact) mass is 456 g/mol. The van der Waals surface area contributed by atoms with E-state index in [1.807, 2.05) is 0 Å². The van der Waals surface area contributed by atoms with E-state index in [0.717, 1.165) is 32.1 Å². The van der Waals surface area contributed by atoms with Gasteiger partial charge in [0.05, 0.1) is 17.8 Å². The fourth-order valence-corrected chi connectivity index (χ4v) is 5.27. The Labute approximate surface area is 180 Å². The van der Waals surface area contributed by atoms with E-state index in [1.165, 1.54) is 31.4 Å². The van der Waals surface area contributed by atoms with Crippen molar-refractivity contribution in [2.45, 2.75) is 43.0 Å². The number of amides is 1. The first-order chi connectivity index (χ1) is 13.8. The second-order valence-corrected chi connectivity index (χ2v) is 9.43. The van der Waals surface area contributed by atoms with E-state index < -0.39 is 15.9 Å². The van der Waals surface area contributed by atoms with Crippen LogP contribution in [0.5, 0.6) is 5.75 Å². The first-order valence-corrected chi connectivity index (χ1v) is 11.5. The summed E-state index contributed by atoms with van der Waals surface area (Å²) < 4.78 is 33.9. The molecule has 0 heterocycles. The van der Waals surface area contributed by atoms with Crippen molar-refractivity contribution >= 4 is 44.8 Å². The molecule has 1 aliphatic rings. The SMILES string of the molecule is COc1ccc(C(=O)Nc2ccc(Cl)cc2Cl)cc1S(=O)(=O)NC1CCCCC1. The third kappa shape index (κ3) is 5.42. The molecule has 0 aromatic heterocycles. The molecule has 29 heavy (non-hydrogen) atoms. The molecule has 1 amide bonds. The molecule has 2 N–H and O–H groups in total. The highest BCUT2D eigenvalue weighted by molar-refractivity contribution is 7.89. The van der Waals surface area contributed by atoms with E-state index in [2.05, 4.69) is 10.0 Å². The Bertz CT molecular complexity index is 1010. The van der Waals surface area contributed by atoms with E-state index in [4.69, 9.17) is 27.9 Å². The molecule has 1 fully saturated rings. The molecule has 3 rings (SSSR count). The molecule has 0 bridgehead atoms. The van der Waals surface area contributed by atoms with Crippen molar-refractivity contribution in [2.75, 3.05) is 12.4 Å². The molecule has 156 valence electrons. The molecular formula is C20H22Cl2N2O4S. The molecule has 6 nitrogen and oxygen atoms in total. The van der Waals surface area contributed by atoms with Crippen LogP contribution < -0.4 is 14.8 Å². The number of hydrogen-bond donors (Lipinski definition) is 2. The van der Waals surface area contributed by atoms with E-state index in [-0.39, 0.29) is 27.3 Å². The molecule has 0 radical (unpaired) electrons. The normalized spacial score (nSPS) is 15.1. The van der Waals surface area contributed by atoms with E-state index in [0.29, 0.717) is 10.7 Å². The van der Waals surface area contributed by atoms with Crippen LogP contribution in [0.4, 0.5) is 5.69 Å². The Hall–Kier alpha value is -1.80. The summed E-state index contributed by atoms with van der Waals surface area (Å²) in [5.74, 6) is -0.319. The van der Waals surface area contributed by atoms with Crippen LogP contribution in [0.25, 0.3) is 0 Å². The first kappa shape index (κ1) is 21.9. The fourth-order valence-electron chi connectivity index (χ4n) is 3.32. The molecule has 0 aliphatic heterocycles.